The number of aliphatic hydroxyl groups is 1. The van der Waals surface area contributed by atoms with E-state index in [2.05, 4.69) is 52.9 Å². The molecule has 0 unspecified atom stereocenters. The standard InChI is InChI=1S/C32H42O6SSi/c1-29(2,3)40(6,7)38-28-22-27-30(4,39-25-12-9-8-10-13-25)32(33,26-14-11-20-36-26)31(28,37-27)19-21-35-24-17-15-23(34-5)16-18-24/h8-10,12-19,21,27-28,33H,11,20,22H2,1-7H3/b21-19-/t27-,28-,30+,31+,32+/m0/s1. The molecule has 1 N–H and O–H groups in total. The molecule has 8 heteroatoms. The van der Waals surface area contributed by atoms with Crippen molar-refractivity contribution in [1.29, 1.82) is 0 Å². The maximum atomic E-state index is 13.1. The van der Waals surface area contributed by atoms with Crippen LogP contribution in [-0.2, 0) is 13.9 Å². The molecule has 0 radical (unpaired) electrons. The van der Waals surface area contributed by atoms with Gasteiger partial charge in [-0.25, -0.2) is 0 Å². The lowest BCUT2D eigenvalue weighted by Gasteiger charge is -2.53. The largest absolute Gasteiger partial charge is 0.497 e. The highest BCUT2D eigenvalue weighted by atomic mass is 32.2. The van der Waals surface area contributed by atoms with Gasteiger partial charge in [-0.2, -0.15) is 0 Å². The Bertz CT molecular complexity index is 1260. The monoisotopic (exact) mass is 582 g/mol. The summed E-state index contributed by atoms with van der Waals surface area (Å²) in [7, 11) is -0.602. The minimum absolute atomic E-state index is 0.0112. The third-order valence-corrected chi connectivity index (χ3v) is 15.1. The minimum atomic E-state index is -2.24. The first-order valence-corrected chi connectivity index (χ1v) is 17.7. The molecule has 3 aliphatic heterocycles. The van der Waals surface area contributed by atoms with Crippen molar-refractivity contribution in [3.8, 4) is 11.5 Å². The predicted molar refractivity (Wildman–Crippen MR) is 161 cm³/mol. The van der Waals surface area contributed by atoms with Crippen LogP contribution in [0.2, 0.25) is 18.1 Å². The summed E-state index contributed by atoms with van der Waals surface area (Å²) in [4.78, 5) is 1.06. The van der Waals surface area contributed by atoms with Crippen LogP contribution < -0.4 is 9.47 Å². The predicted octanol–water partition coefficient (Wildman–Crippen LogP) is 7.11. The fraction of sp³-hybridized carbons (Fsp3) is 0.500. The fourth-order valence-electron chi connectivity index (χ4n) is 5.79. The highest BCUT2D eigenvalue weighted by Gasteiger charge is 2.80. The van der Waals surface area contributed by atoms with Gasteiger partial charge < -0.3 is 28.5 Å². The van der Waals surface area contributed by atoms with Crippen LogP contribution in [0.25, 0.3) is 0 Å². The molecule has 5 atom stereocenters. The van der Waals surface area contributed by atoms with Crippen molar-refractivity contribution in [1.82, 2.24) is 0 Å². The number of thioether (sulfide) groups is 1. The van der Waals surface area contributed by atoms with E-state index in [1.165, 1.54) is 0 Å². The lowest BCUT2D eigenvalue weighted by molar-refractivity contribution is -0.127. The van der Waals surface area contributed by atoms with Gasteiger partial charge in [-0.3, -0.25) is 0 Å². The van der Waals surface area contributed by atoms with Gasteiger partial charge in [0, 0.05) is 17.7 Å². The van der Waals surface area contributed by atoms with Crippen molar-refractivity contribution in [3.05, 3.63) is 78.8 Å². The molecule has 2 saturated heterocycles. The summed E-state index contributed by atoms with van der Waals surface area (Å²) in [5.41, 5.74) is -2.72. The molecule has 0 amide bonds. The summed E-state index contributed by atoms with van der Waals surface area (Å²) in [6.45, 7) is 13.8. The van der Waals surface area contributed by atoms with Crippen molar-refractivity contribution in [3.63, 3.8) is 0 Å². The Morgan fingerprint density at radius 2 is 1.73 bits per heavy atom. The molecule has 40 heavy (non-hydrogen) atoms. The van der Waals surface area contributed by atoms with Gasteiger partial charge in [0.05, 0.1) is 36.9 Å². The van der Waals surface area contributed by atoms with Crippen LogP contribution in [0.15, 0.2) is 83.7 Å². The van der Waals surface area contributed by atoms with Crippen LogP contribution in [0.4, 0.5) is 0 Å². The second-order valence-corrected chi connectivity index (χ2v) is 18.8. The van der Waals surface area contributed by atoms with Gasteiger partial charge in [0.25, 0.3) is 0 Å². The zero-order valence-corrected chi connectivity index (χ0v) is 26.4. The van der Waals surface area contributed by atoms with Crippen molar-refractivity contribution >= 4 is 20.1 Å². The van der Waals surface area contributed by atoms with E-state index in [-0.39, 0.29) is 17.2 Å². The molecular weight excluding hydrogens is 540 g/mol. The summed E-state index contributed by atoms with van der Waals surface area (Å²) >= 11 is 1.64. The molecule has 0 aromatic heterocycles. The average Bonchev–Trinajstić information content (AvgIpc) is 3.61. The zero-order valence-electron chi connectivity index (χ0n) is 24.6. The highest BCUT2D eigenvalue weighted by Crippen LogP contribution is 2.66. The van der Waals surface area contributed by atoms with Gasteiger partial charge in [0.1, 0.15) is 17.3 Å². The number of benzene rings is 2. The molecule has 3 aliphatic rings. The Labute approximate surface area is 243 Å². The highest BCUT2D eigenvalue weighted by molar-refractivity contribution is 8.00. The SMILES string of the molecule is COc1ccc(O/C=C\[C@@]23O[C@@H](C[C@@H]2O[Si](C)(C)C(C)(C)C)[C@@](C)(Sc2ccccc2)[C@]3(O)C2=CCCO2)cc1. The Morgan fingerprint density at radius 1 is 1.05 bits per heavy atom. The van der Waals surface area contributed by atoms with E-state index < -0.39 is 24.3 Å². The molecule has 0 spiro atoms. The third-order valence-electron chi connectivity index (χ3n) is 9.10. The van der Waals surface area contributed by atoms with Crippen molar-refractivity contribution in [2.75, 3.05) is 13.7 Å². The molecule has 6 nitrogen and oxygen atoms in total. The smallest absolute Gasteiger partial charge is 0.192 e. The van der Waals surface area contributed by atoms with Crippen molar-refractivity contribution in [2.45, 2.75) is 91.7 Å². The Hall–Kier alpha value is -2.23. The maximum Gasteiger partial charge on any atom is 0.192 e. The molecule has 3 heterocycles. The van der Waals surface area contributed by atoms with Gasteiger partial charge in [0.2, 0.25) is 0 Å². The van der Waals surface area contributed by atoms with Gasteiger partial charge >= 0.3 is 0 Å². The number of hydrogen-bond acceptors (Lipinski definition) is 7. The van der Waals surface area contributed by atoms with Gasteiger partial charge in [0.15, 0.2) is 19.5 Å². The van der Waals surface area contributed by atoms with Crippen molar-refractivity contribution in [2.24, 2.45) is 0 Å². The summed E-state index contributed by atoms with van der Waals surface area (Å²) < 4.78 is 30.8. The number of hydrogen-bond donors (Lipinski definition) is 1. The van der Waals surface area contributed by atoms with E-state index in [1.807, 2.05) is 54.6 Å². The Balaban J connectivity index is 1.59. The molecule has 2 aromatic rings. The number of methoxy groups -OCH3 is 1. The minimum Gasteiger partial charge on any atom is -0.497 e. The van der Waals surface area contributed by atoms with E-state index >= 15 is 0 Å². The second-order valence-electron chi connectivity index (χ2n) is 12.5. The lowest BCUT2D eigenvalue weighted by Crippen LogP contribution is -2.70. The third kappa shape index (κ3) is 4.71. The lowest BCUT2D eigenvalue weighted by atomic mass is 9.65. The summed E-state index contributed by atoms with van der Waals surface area (Å²) in [6.07, 6.45) is 6.24. The second kappa shape index (κ2) is 10.6. The normalized spacial score (nSPS) is 31.9. The average molecular weight is 583 g/mol. The first-order chi connectivity index (χ1) is 18.9. The number of ether oxygens (including phenoxy) is 4. The summed E-state index contributed by atoms with van der Waals surface area (Å²) in [5.74, 6) is 1.96. The molecular formula is C32H42O6SSi. The van der Waals surface area contributed by atoms with E-state index in [4.69, 9.17) is 23.4 Å². The molecule has 2 fully saturated rings. The zero-order chi connectivity index (χ0) is 28.8. The van der Waals surface area contributed by atoms with Gasteiger partial charge in [-0.15, -0.1) is 11.8 Å². The Kier molecular flexibility index (Phi) is 7.72. The number of fused-ring (bicyclic) bond motifs is 2. The van der Waals surface area contributed by atoms with Crippen LogP contribution in [0, 0.1) is 0 Å². The Morgan fingerprint density at radius 3 is 2.33 bits per heavy atom. The van der Waals surface area contributed by atoms with Gasteiger partial charge in [-0.1, -0.05) is 39.0 Å². The number of rotatable bonds is 9. The van der Waals surface area contributed by atoms with Gasteiger partial charge in [-0.05, 0) is 73.6 Å². The molecule has 2 aromatic carbocycles. The van der Waals surface area contributed by atoms with Crippen molar-refractivity contribution < 1.29 is 28.5 Å². The topological polar surface area (TPSA) is 66.4 Å². The summed E-state index contributed by atoms with van der Waals surface area (Å²) in [6, 6.07) is 17.6. The fourth-order valence-corrected chi connectivity index (χ4v) is 8.59. The van der Waals surface area contributed by atoms with Crippen LogP contribution in [0.1, 0.15) is 40.5 Å². The maximum absolute atomic E-state index is 13.1. The molecule has 0 aliphatic carbocycles. The van der Waals surface area contributed by atoms with Crippen LogP contribution in [0.3, 0.4) is 0 Å². The summed E-state index contributed by atoms with van der Waals surface area (Å²) in [5, 5.41) is 13.1. The van der Waals surface area contributed by atoms with Crippen LogP contribution >= 0.6 is 11.8 Å². The van der Waals surface area contributed by atoms with E-state index in [9.17, 15) is 5.11 Å². The van der Waals surface area contributed by atoms with E-state index in [0.717, 1.165) is 17.1 Å². The van der Waals surface area contributed by atoms with Crippen LogP contribution in [-0.4, -0.2) is 55.3 Å². The molecule has 2 bridgehead atoms. The molecule has 5 rings (SSSR count). The van der Waals surface area contributed by atoms with E-state index in [1.54, 1.807) is 25.1 Å². The quantitative estimate of drug-likeness (QED) is 0.250. The van der Waals surface area contributed by atoms with E-state index in [0.29, 0.717) is 24.5 Å². The molecule has 216 valence electrons. The first kappa shape index (κ1) is 29.3. The molecule has 0 saturated carbocycles. The van der Waals surface area contributed by atoms with Crippen LogP contribution in [0.5, 0.6) is 11.5 Å². The first-order valence-electron chi connectivity index (χ1n) is 14.0.